The Hall–Kier alpha value is -0.820. The standard InChI is InChI=1S/C29H46O/c1-3-5-7-17-30-29-16-15-27-20-26(13-14-28(27)21-29)25-12-11-23-18-22(8-6-4-2)9-10-24(23)19-25/h9-10,18,25-29H,3-8,11-17,19-21H2,1-2H3. The second-order valence-electron chi connectivity index (χ2n) is 10.8. The minimum Gasteiger partial charge on any atom is -0.378 e. The predicted octanol–water partition coefficient (Wildman–Crippen LogP) is 7.93. The molecule has 1 aromatic rings. The van der Waals surface area contributed by atoms with E-state index < -0.39 is 0 Å². The van der Waals surface area contributed by atoms with E-state index in [0.717, 1.165) is 30.3 Å². The molecule has 2 fully saturated rings. The van der Waals surface area contributed by atoms with Gasteiger partial charge in [-0.2, -0.15) is 0 Å². The van der Waals surface area contributed by atoms with E-state index in [1.807, 2.05) is 0 Å². The third kappa shape index (κ3) is 5.70. The highest BCUT2D eigenvalue weighted by Crippen LogP contribution is 2.47. The van der Waals surface area contributed by atoms with Crippen molar-refractivity contribution in [2.75, 3.05) is 6.61 Å². The maximum atomic E-state index is 6.25. The molecule has 0 radical (unpaired) electrons. The van der Waals surface area contributed by atoms with E-state index in [9.17, 15) is 0 Å². The molecule has 5 atom stereocenters. The van der Waals surface area contributed by atoms with Crippen LogP contribution >= 0.6 is 0 Å². The maximum absolute atomic E-state index is 6.25. The Morgan fingerprint density at radius 1 is 0.767 bits per heavy atom. The van der Waals surface area contributed by atoms with E-state index >= 15 is 0 Å². The van der Waals surface area contributed by atoms with Gasteiger partial charge in [0.05, 0.1) is 6.10 Å². The van der Waals surface area contributed by atoms with Crippen LogP contribution in [0.15, 0.2) is 18.2 Å². The minimum atomic E-state index is 0.572. The fraction of sp³-hybridized carbons (Fsp3) is 0.793. The smallest absolute Gasteiger partial charge is 0.0578 e. The summed E-state index contributed by atoms with van der Waals surface area (Å²) in [5.41, 5.74) is 4.93. The van der Waals surface area contributed by atoms with Crippen molar-refractivity contribution in [1.82, 2.24) is 0 Å². The summed E-state index contributed by atoms with van der Waals surface area (Å²) < 4.78 is 6.25. The predicted molar refractivity (Wildman–Crippen MR) is 128 cm³/mol. The summed E-state index contributed by atoms with van der Waals surface area (Å²) in [5.74, 6) is 3.89. The average molecular weight is 411 g/mol. The first-order valence-corrected chi connectivity index (χ1v) is 13.5. The molecule has 0 saturated heterocycles. The molecule has 0 spiro atoms. The van der Waals surface area contributed by atoms with Gasteiger partial charge < -0.3 is 4.74 Å². The van der Waals surface area contributed by atoms with Gasteiger partial charge in [0.2, 0.25) is 0 Å². The van der Waals surface area contributed by atoms with Crippen LogP contribution in [-0.2, 0) is 24.0 Å². The highest BCUT2D eigenvalue weighted by atomic mass is 16.5. The molecule has 0 aromatic heterocycles. The maximum Gasteiger partial charge on any atom is 0.0578 e. The summed E-state index contributed by atoms with van der Waals surface area (Å²) in [5, 5.41) is 0. The van der Waals surface area contributed by atoms with Gasteiger partial charge in [0.1, 0.15) is 0 Å². The summed E-state index contributed by atoms with van der Waals surface area (Å²) in [4.78, 5) is 0. The monoisotopic (exact) mass is 410 g/mol. The summed E-state index contributed by atoms with van der Waals surface area (Å²) in [7, 11) is 0. The second kappa shape index (κ2) is 11.2. The zero-order chi connectivity index (χ0) is 20.8. The van der Waals surface area contributed by atoms with E-state index in [-0.39, 0.29) is 0 Å². The van der Waals surface area contributed by atoms with Crippen LogP contribution in [0.3, 0.4) is 0 Å². The lowest BCUT2D eigenvalue weighted by Gasteiger charge is -2.45. The molecule has 0 amide bonds. The first kappa shape index (κ1) is 22.4. The Labute approximate surface area is 186 Å². The van der Waals surface area contributed by atoms with Crippen molar-refractivity contribution in [3.05, 3.63) is 34.9 Å². The number of hydrogen-bond donors (Lipinski definition) is 0. The molecular weight excluding hydrogens is 364 g/mol. The third-order valence-corrected chi connectivity index (χ3v) is 8.73. The van der Waals surface area contributed by atoms with Crippen LogP contribution in [0.25, 0.3) is 0 Å². The number of fused-ring (bicyclic) bond motifs is 2. The molecule has 0 bridgehead atoms. The Morgan fingerprint density at radius 3 is 2.37 bits per heavy atom. The van der Waals surface area contributed by atoms with Gasteiger partial charge in [0.15, 0.2) is 0 Å². The molecular formula is C29H46O. The molecule has 0 N–H and O–H groups in total. The second-order valence-corrected chi connectivity index (χ2v) is 10.8. The molecule has 0 heterocycles. The van der Waals surface area contributed by atoms with Gasteiger partial charge in [-0.3, -0.25) is 0 Å². The topological polar surface area (TPSA) is 9.23 Å². The molecule has 2 saturated carbocycles. The van der Waals surface area contributed by atoms with Crippen LogP contribution in [0.5, 0.6) is 0 Å². The Balaban J connectivity index is 1.26. The van der Waals surface area contributed by atoms with Crippen molar-refractivity contribution in [3.63, 3.8) is 0 Å². The Kier molecular flexibility index (Phi) is 8.33. The summed E-state index contributed by atoms with van der Waals surface area (Å²) >= 11 is 0. The average Bonchev–Trinajstić information content (AvgIpc) is 2.79. The van der Waals surface area contributed by atoms with Gasteiger partial charge in [-0.15, -0.1) is 0 Å². The fourth-order valence-electron chi connectivity index (χ4n) is 6.84. The Morgan fingerprint density at radius 2 is 1.53 bits per heavy atom. The van der Waals surface area contributed by atoms with Crippen molar-refractivity contribution < 1.29 is 4.74 Å². The first-order chi connectivity index (χ1) is 14.8. The molecule has 30 heavy (non-hydrogen) atoms. The van der Waals surface area contributed by atoms with Crippen LogP contribution in [0, 0.1) is 23.7 Å². The van der Waals surface area contributed by atoms with Crippen molar-refractivity contribution in [2.45, 2.75) is 116 Å². The van der Waals surface area contributed by atoms with E-state index in [4.69, 9.17) is 4.74 Å². The molecule has 3 aliphatic rings. The highest BCUT2D eigenvalue weighted by molar-refractivity contribution is 5.34. The van der Waals surface area contributed by atoms with Crippen LogP contribution in [0.1, 0.15) is 108 Å². The Bertz CT molecular complexity index is 650. The number of ether oxygens (including phenoxy) is 1. The largest absolute Gasteiger partial charge is 0.378 e. The number of aryl methyl sites for hydroxylation is 2. The minimum absolute atomic E-state index is 0.572. The number of unbranched alkanes of at least 4 members (excludes halogenated alkanes) is 3. The molecule has 1 nitrogen and oxygen atoms in total. The van der Waals surface area contributed by atoms with E-state index in [0.29, 0.717) is 6.10 Å². The van der Waals surface area contributed by atoms with Gasteiger partial charge in [0, 0.05) is 6.61 Å². The normalized spacial score (nSPS) is 31.2. The van der Waals surface area contributed by atoms with Crippen molar-refractivity contribution in [3.8, 4) is 0 Å². The molecule has 3 aliphatic carbocycles. The van der Waals surface area contributed by atoms with Crippen LogP contribution in [0.4, 0.5) is 0 Å². The lowest BCUT2D eigenvalue weighted by molar-refractivity contribution is -0.0249. The van der Waals surface area contributed by atoms with E-state index in [2.05, 4.69) is 32.0 Å². The summed E-state index contributed by atoms with van der Waals surface area (Å²) in [6, 6.07) is 7.45. The van der Waals surface area contributed by atoms with E-state index in [1.165, 1.54) is 96.3 Å². The highest BCUT2D eigenvalue weighted by Gasteiger charge is 2.38. The molecule has 168 valence electrons. The number of hydrogen-bond acceptors (Lipinski definition) is 1. The van der Waals surface area contributed by atoms with Gasteiger partial charge in [-0.1, -0.05) is 51.3 Å². The molecule has 1 heteroatoms. The molecule has 5 unspecified atom stereocenters. The third-order valence-electron chi connectivity index (χ3n) is 8.73. The number of rotatable bonds is 9. The lowest BCUT2D eigenvalue weighted by Crippen LogP contribution is -2.37. The van der Waals surface area contributed by atoms with Crippen LogP contribution in [0.2, 0.25) is 0 Å². The molecule has 0 aliphatic heterocycles. The van der Waals surface area contributed by atoms with Crippen molar-refractivity contribution in [1.29, 1.82) is 0 Å². The SMILES string of the molecule is CCCCCOC1CCC2CC(C3CCc4cc(CCCC)ccc4C3)CCC2C1. The quantitative estimate of drug-likeness (QED) is 0.376. The molecule has 1 aromatic carbocycles. The van der Waals surface area contributed by atoms with Gasteiger partial charge in [-0.25, -0.2) is 0 Å². The lowest BCUT2D eigenvalue weighted by atomic mass is 9.62. The van der Waals surface area contributed by atoms with Gasteiger partial charge >= 0.3 is 0 Å². The first-order valence-electron chi connectivity index (χ1n) is 13.5. The zero-order valence-corrected chi connectivity index (χ0v) is 19.8. The fourth-order valence-corrected chi connectivity index (χ4v) is 6.84. The van der Waals surface area contributed by atoms with Crippen LogP contribution < -0.4 is 0 Å². The zero-order valence-electron chi connectivity index (χ0n) is 19.8. The summed E-state index contributed by atoms with van der Waals surface area (Å²) in [6.07, 6.45) is 21.1. The van der Waals surface area contributed by atoms with Gasteiger partial charge in [-0.05, 0) is 117 Å². The summed E-state index contributed by atoms with van der Waals surface area (Å²) in [6.45, 7) is 5.57. The number of benzene rings is 1. The van der Waals surface area contributed by atoms with Crippen LogP contribution in [-0.4, -0.2) is 12.7 Å². The van der Waals surface area contributed by atoms with E-state index in [1.54, 1.807) is 16.7 Å². The van der Waals surface area contributed by atoms with Gasteiger partial charge in [0.25, 0.3) is 0 Å². The molecule has 4 rings (SSSR count). The van der Waals surface area contributed by atoms with Crippen molar-refractivity contribution >= 4 is 0 Å². The van der Waals surface area contributed by atoms with Crippen molar-refractivity contribution in [2.24, 2.45) is 23.7 Å².